The highest BCUT2D eigenvalue weighted by atomic mass is 35.5. The zero-order valence-electron chi connectivity index (χ0n) is 7.40. The topological polar surface area (TPSA) is 0 Å². The van der Waals surface area contributed by atoms with E-state index in [1.165, 1.54) is 0 Å². The van der Waals surface area contributed by atoms with E-state index in [2.05, 4.69) is 11.8 Å². The molecular weight excluding hydrogens is 203 g/mol. The Morgan fingerprint density at radius 2 is 2.08 bits per heavy atom. The Morgan fingerprint density at radius 1 is 1.31 bits per heavy atom. The fourth-order valence-electron chi connectivity index (χ4n) is 1.06. The molecule has 68 valence electrons. The molecule has 0 radical (unpaired) electrons. The monoisotopic (exact) mass is 212 g/mol. The molecule has 1 aromatic carbocycles. The van der Waals surface area contributed by atoms with Crippen LogP contribution in [0.2, 0.25) is 10.0 Å². The molecule has 0 unspecified atom stereocenters. The summed E-state index contributed by atoms with van der Waals surface area (Å²) in [6, 6.07) is 5.67. The van der Waals surface area contributed by atoms with Crippen LogP contribution in [0.4, 0.5) is 0 Å². The van der Waals surface area contributed by atoms with Crippen molar-refractivity contribution in [3.8, 4) is 11.8 Å². The lowest BCUT2D eigenvalue weighted by molar-refractivity contribution is 1.03. The van der Waals surface area contributed by atoms with E-state index >= 15 is 0 Å². The van der Waals surface area contributed by atoms with Gasteiger partial charge in [-0.15, -0.1) is 11.8 Å². The Hall–Kier alpha value is -0.640. The van der Waals surface area contributed by atoms with Gasteiger partial charge in [-0.05, 0) is 25.0 Å². The molecule has 1 rings (SSSR count). The van der Waals surface area contributed by atoms with Crippen LogP contribution in [0.25, 0.3) is 0 Å². The van der Waals surface area contributed by atoms with Gasteiger partial charge in [0, 0.05) is 6.42 Å². The highest BCUT2D eigenvalue weighted by Gasteiger charge is 2.02. The first kappa shape index (κ1) is 10.4. The largest absolute Gasteiger partial charge is 0.107 e. The standard InChI is InChI=1S/C11H10Cl2/c1-2-3-4-6-9-7-5-8-10(12)11(9)13/h5,7-8H,4,6H2,1H3. The molecule has 0 aliphatic rings. The molecule has 13 heavy (non-hydrogen) atoms. The first-order chi connectivity index (χ1) is 6.25. The first-order valence-electron chi connectivity index (χ1n) is 4.08. The first-order valence-corrected chi connectivity index (χ1v) is 4.84. The summed E-state index contributed by atoms with van der Waals surface area (Å²) in [5, 5.41) is 1.27. The predicted octanol–water partition coefficient (Wildman–Crippen LogP) is 3.95. The van der Waals surface area contributed by atoms with Crippen LogP contribution in [0.3, 0.4) is 0 Å². The Morgan fingerprint density at radius 3 is 2.77 bits per heavy atom. The summed E-state index contributed by atoms with van der Waals surface area (Å²) in [5.74, 6) is 5.84. The van der Waals surface area contributed by atoms with Gasteiger partial charge in [-0.2, -0.15) is 0 Å². The van der Waals surface area contributed by atoms with Gasteiger partial charge >= 0.3 is 0 Å². The normalized spacial score (nSPS) is 9.15. The minimum absolute atomic E-state index is 0.614. The minimum atomic E-state index is 0.614. The van der Waals surface area contributed by atoms with Crippen molar-refractivity contribution in [1.82, 2.24) is 0 Å². The fourth-order valence-corrected chi connectivity index (χ4v) is 1.48. The average molecular weight is 213 g/mol. The van der Waals surface area contributed by atoms with Crippen LogP contribution in [-0.4, -0.2) is 0 Å². The molecule has 0 heterocycles. The van der Waals surface area contributed by atoms with Crippen molar-refractivity contribution < 1.29 is 0 Å². The average Bonchev–Trinajstić information content (AvgIpc) is 2.13. The van der Waals surface area contributed by atoms with Crippen LogP contribution < -0.4 is 0 Å². The van der Waals surface area contributed by atoms with Crippen molar-refractivity contribution in [2.75, 3.05) is 0 Å². The third kappa shape index (κ3) is 2.95. The summed E-state index contributed by atoms with van der Waals surface area (Å²) in [4.78, 5) is 0. The summed E-state index contributed by atoms with van der Waals surface area (Å²) in [5.41, 5.74) is 1.07. The van der Waals surface area contributed by atoms with Crippen molar-refractivity contribution in [2.45, 2.75) is 19.8 Å². The lowest BCUT2D eigenvalue weighted by Gasteiger charge is -2.02. The number of hydrogen-bond acceptors (Lipinski definition) is 0. The highest BCUT2D eigenvalue weighted by Crippen LogP contribution is 2.26. The number of aryl methyl sites for hydroxylation is 1. The summed E-state index contributed by atoms with van der Waals surface area (Å²) in [7, 11) is 0. The number of rotatable bonds is 2. The molecule has 0 spiro atoms. The second kappa shape index (κ2) is 5.17. The van der Waals surface area contributed by atoms with Gasteiger partial charge in [0.05, 0.1) is 10.0 Å². The van der Waals surface area contributed by atoms with Crippen LogP contribution in [0, 0.1) is 11.8 Å². The van der Waals surface area contributed by atoms with E-state index in [9.17, 15) is 0 Å². The number of benzene rings is 1. The van der Waals surface area contributed by atoms with Crippen molar-refractivity contribution in [3.05, 3.63) is 33.8 Å². The molecule has 0 bridgehead atoms. The SMILES string of the molecule is CC#CCCc1cccc(Cl)c1Cl. The smallest absolute Gasteiger partial charge is 0.0624 e. The Kier molecular flexibility index (Phi) is 4.15. The van der Waals surface area contributed by atoms with Gasteiger partial charge in [0.15, 0.2) is 0 Å². The molecule has 0 N–H and O–H groups in total. The summed E-state index contributed by atoms with van der Waals surface area (Å²) in [6.07, 6.45) is 1.69. The van der Waals surface area contributed by atoms with Crippen LogP contribution in [-0.2, 0) is 6.42 Å². The van der Waals surface area contributed by atoms with Crippen LogP contribution >= 0.6 is 23.2 Å². The molecule has 1 aromatic rings. The van der Waals surface area contributed by atoms with E-state index in [1.54, 1.807) is 6.07 Å². The van der Waals surface area contributed by atoms with E-state index in [0.717, 1.165) is 18.4 Å². The zero-order chi connectivity index (χ0) is 9.68. The van der Waals surface area contributed by atoms with Gasteiger partial charge in [-0.1, -0.05) is 35.3 Å². The maximum absolute atomic E-state index is 5.99. The lowest BCUT2D eigenvalue weighted by atomic mass is 10.1. The quantitative estimate of drug-likeness (QED) is 0.652. The van der Waals surface area contributed by atoms with Gasteiger partial charge in [0.25, 0.3) is 0 Å². The summed E-state index contributed by atoms with van der Waals surface area (Å²) in [6.45, 7) is 1.83. The molecule has 0 aliphatic heterocycles. The number of halogens is 2. The molecule has 0 saturated heterocycles. The van der Waals surface area contributed by atoms with Gasteiger partial charge < -0.3 is 0 Å². The van der Waals surface area contributed by atoms with E-state index in [-0.39, 0.29) is 0 Å². The Labute approximate surface area is 88.9 Å². The van der Waals surface area contributed by atoms with Gasteiger partial charge in [0.2, 0.25) is 0 Å². The Bertz CT molecular complexity index is 345. The third-order valence-corrected chi connectivity index (χ3v) is 2.59. The van der Waals surface area contributed by atoms with Crippen molar-refractivity contribution in [1.29, 1.82) is 0 Å². The van der Waals surface area contributed by atoms with E-state index in [1.807, 2.05) is 19.1 Å². The highest BCUT2D eigenvalue weighted by molar-refractivity contribution is 6.42. The van der Waals surface area contributed by atoms with E-state index in [4.69, 9.17) is 23.2 Å². The summed E-state index contributed by atoms with van der Waals surface area (Å²) >= 11 is 11.9. The third-order valence-electron chi connectivity index (χ3n) is 1.73. The minimum Gasteiger partial charge on any atom is -0.107 e. The molecule has 0 aromatic heterocycles. The molecule has 0 atom stereocenters. The Balaban J connectivity index is 2.75. The van der Waals surface area contributed by atoms with Gasteiger partial charge in [-0.3, -0.25) is 0 Å². The summed E-state index contributed by atoms with van der Waals surface area (Å²) < 4.78 is 0. The maximum Gasteiger partial charge on any atom is 0.0624 e. The molecule has 2 heteroatoms. The predicted molar refractivity (Wildman–Crippen MR) is 58.2 cm³/mol. The zero-order valence-corrected chi connectivity index (χ0v) is 8.91. The van der Waals surface area contributed by atoms with Gasteiger partial charge in [-0.25, -0.2) is 0 Å². The van der Waals surface area contributed by atoms with E-state index in [0.29, 0.717) is 10.0 Å². The van der Waals surface area contributed by atoms with Crippen molar-refractivity contribution in [3.63, 3.8) is 0 Å². The molecule has 0 saturated carbocycles. The van der Waals surface area contributed by atoms with Crippen LogP contribution in [0.15, 0.2) is 18.2 Å². The second-order valence-electron chi connectivity index (χ2n) is 2.64. The van der Waals surface area contributed by atoms with Crippen molar-refractivity contribution in [2.24, 2.45) is 0 Å². The molecule has 0 aliphatic carbocycles. The van der Waals surface area contributed by atoms with E-state index < -0.39 is 0 Å². The second-order valence-corrected chi connectivity index (χ2v) is 3.42. The molecule has 0 nitrogen and oxygen atoms in total. The van der Waals surface area contributed by atoms with Gasteiger partial charge in [0.1, 0.15) is 0 Å². The molecule has 0 amide bonds. The number of hydrogen-bond donors (Lipinski definition) is 0. The van der Waals surface area contributed by atoms with Crippen LogP contribution in [0.5, 0.6) is 0 Å². The molecule has 0 fully saturated rings. The lowest BCUT2D eigenvalue weighted by Crippen LogP contribution is -1.85. The van der Waals surface area contributed by atoms with Crippen LogP contribution in [0.1, 0.15) is 18.9 Å². The fraction of sp³-hybridized carbons (Fsp3) is 0.273. The maximum atomic E-state index is 5.99. The van der Waals surface area contributed by atoms with Crippen molar-refractivity contribution >= 4 is 23.2 Å². The molecular formula is C11H10Cl2.